The average molecular weight is 490 g/mol. The number of nitrogens with zero attached hydrogens (tertiary/aromatic N) is 5. The lowest BCUT2D eigenvalue weighted by Gasteiger charge is -2.27. The first-order valence-electron chi connectivity index (χ1n) is 12.2. The molecule has 0 bridgehead atoms. The molecule has 10 heteroatoms. The van der Waals surface area contributed by atoms with E-state index in [1.54, 1.807) is 30.5 Å². The Morgan fingerprint density at radius 2 is 1.94 bits per heavy atom. The molecule has 3 heterocycles. The lowest BCUT2D eigenvalue weighted by Crippen LogP contribution is -2.31. The Hall–Kier alpha value is -3.79. The van der Waals surface area contributed by atoms with E-state index in [1.165, 1.54) is 0 Å². The van der Waals surface area contributed by atoms with E-state index in [-0.39, 0.29) is 17.4 Å². The molecule has 2 aromatic heterocycles. The molecule has 0 radical (unpaired) electrons. The Morgan fingerprint density at radius 3 is 2.64 bits per heavy atom. The summed E-state index contributed by atoms with van der Waals surface area (Å²) in [7, 11) is 1.99. The minimum atomic E-state index is -0.242. The molecule has 3 aromatic rings. The molecule has 1 aromatic carbocycles. The van der Waals surface area contributed by atoms with Crippen molar-refractivity contribution in [2.45, 2.75) is 40.2 Å². The molecule has 1 atom stereocenters. The van der Waals surface area contributed by atoms with E-state index in [1.807, 2.05) is 31.0 Å². The largest absolute Gasteiger partial charge is 0.350 e. The number of aromatic nitrogens is 4. The second kappa shape index (κ2) is 10.9. The van der Waals surface area contributed by atoms with Crippen LogP contribution in [0.15, 0.2) is 42.6 Å². The highest BCUT2D eigenvalue weighted by atomic mass is 16.1. The number of anilines is 5. The maximum absolute atomic E-state index is 12.8. The molecule has 4 N–H and O–H groups in total. The van der Waals surface area contributed by atoms with Gasteiger partial charge in [-0.3, -0.25) is 4.79 Å². The maximum atomic E-state index is 12.8. The molecule has 10 nitrogen and oxygen atoms in total. The van der Waals surface area contributed by atoms with E-state index in [4.69, 9.17) is 9.97 Å². The van der Waals surface area contributed by atoms with Crippen LogP contribution in [0.3, 0.4) is 0 Å². The third-order valence-electron chi connectivity index (χ3n) is 5.72. The zero-order chi connectivity index (χ0) is 25.7. The molecule has 1 fully saturated rings. The lowest BCUT2D eigenvalue weighted by molar-refractivity contribution is 0.102. The van der Waals surface area contributed by atoms with Gasteiger partial charge in [-0.2, -0.15) is 15.0 Å². The van der Waals surface area contributed by atoms with Crippen LogP contribution in [-0.2, 0) is 0 Å². The zero-order valence-electron chi connectivity index (χ0n) is 21.6. The van der Waals surface area contributed by atoms with E-state index in [0.717, 1.165) is 37.3 Å². The SMILES string of the molecule is Cc1ccc(C(=O)Nc2ccccn2)cc1Nc1nc(N[C@H]2CCNC2)nc(N(C)CC(C)(C)C)n1. The van der Waals surface area contributed by atoms with Gasteiger partial charge in [0, 0.05) is 43.6 Å². The third kappa shape index (κ3) is 6.88. The Bertz CT molecular complexity index is 1190. The van der Waals surface area contributed by atoms with Crippen LogP contribution in [0.2, 0.25) is 0 Å². The van der Waals surface area contributed by atoms with Crippen molar-refractivity contribution >= 4 is 35.3 Å². The van der Waals surface area contributed by atoms with Gasteiger partial charge in [0.05, 0.1) is 0 Å². The average Bonchev–Trinajstić information content (AvgIpc) is 3.33. The number of benzene rings is 1. The molecule has 1 saturated heterocycles. The van der Waals surface area contributed by atoms with Crippen LogP contribution >= 0.6 is 0 Å². The molecule has 1 aliphatic heterocycles. The first-order chi connectivity index (χ1) is 17.2. The second-order valence-corrected chi connectivity index (χ2v) is 10.4. The molecule has 0 unspecified atom stereocenters. The number of aryl methyl sites for hydroxylation is 1. The molecule has 0 spiro atoms. The number of hydrogen-bond acceptors (Lipinski definition) is 9. The Morgan fingerprint density at radius 1 is 1.14 bits per heavy atom. The van der Waals surface area contributed by atoms with E-state index in [0.29, 0.717) is 29.2 Å². The molecular formula is C26H35N9O. The second-order valence-electron chi connectivity index (χ2n) is 10.4. The molecule has 1 aliphatic rings. The molecule has 0 saturated carbocycles. The fourth-order valence-corrected chi connectivity index (χ4v) is 4.04. The molecular weight excluding hydrogens is 454 g/mol. The van der Waals surface area contributed by atoms with Crippen molar-refractivity contribution in [3.8, 4) is 0 Å². The van der Waals surface area contributed by atoms with E-state index >= 15 is 0 Å². The van der Waals surface area contributed by atoms with Crippen LogP contribution in [0.25, 0.3) is 0 Å². The Labute approximate surface area is 212 Å². The van der Waals surface area contributed by atoms with Gasteiger partial charge in [0.2, 0.25) is 17.8 Å². The van der Waals surface area contributed by atoms with E-state index in [2.05, 4.69) is 52.0 Å². The minimum Gasteiger partial charge on any atom is -0.350 e. The Kier molecular flexibility index (Phi) is 7.64. The number of pyridine rings is 1. The summed E-state index contributed by atoms with van der Waals surface area (Å²) in [4.78, 5) is 33.0. The summed E-state index contributed by atoms with van der Waals surface area (Å²) in [6, 6.07) is 11.1. The molecule has 190 valence electrons. The maximum Gasteiger partial charge on any atom is 0.256 e. The quantitative estimate of drug-likeness (QED) is 0.374. The van der Waals surface area contributed by atoms with Crippen LogP contribution in [0.4, 0.5) is 29.4 Å². The van der Waals surface area contributed by atoms with Crippen molar-refractivity contribution in [1.29, 1.82) is 0 Å². The summed E-state index contributed by atoms with van der Waals surface area (Å²) in [6.45, 7) is 11.1. The van der Waals surface area contributed by atoms with Crippen molar-refractivity contribution in [2.75, 3.05) is 47.5 Å². The standard InChI is InChI=1S/C26H35N9O/c1-17-9-10-18(22(36)31-21-8-6-7-12-28-21)14-20(17)30-24-32-23(29-19-11-13-27-15-19)33-25(34-24)35(5)16-26(2,3)4/h6-10,12,14,19,27H,11,13,15-16H2,1-5H3,(H,28,31,36)(H2,29,30,32,33,34)/t19-/m0/s1. The van der Waals surface area contributed by atoms with Gasteiger partial charge in [-0.25, -0.2) is 4.98 Å². The van der Waals surface area contributed by atoms with Gasteiger partial charge >= 0.3 is 0 Å². The smallest absolute Gasteiger partial charge is 0.256 e. The molecule has 1 amide bonds. The third-order valence-corrected chi connectivity index (χ3v) is 5.72. The van der Waals surface area contributed by atoms with Gasteiger partial charge < -0.3 is 26.2 Å². The number of hydrogen-bond donors (Lipinski definition) is 4. The molecule has 0 aliphatic carbocycles. The van der Waals surface area contributed by atoms with Crippen molar-refractivity contribution in [2.24, 2.45) is 5.41 Å². The highest BCUT2D eigenvalue weighted by Gasteiger charge is 2.20. The van der Waals surface area contributed by atoms with Gasteiger partial charge in [0.25, 0.3) is 5.91 Å². The van der Waals surface area contributed by atoms with E-state index < -0.39 is 0 Å². The summed E-state index contributed by atoms with van der Waals surface area (Å²) < 4.78 is 0. The fourth-order valence-electron chi connectivity index (χ4n) is 4.04. The number of carbonyl (C=O) groups excluding carboxylic acids is 1. The van der Waals surface area contributed by atoms with Gasteiger partial charge in [-0.15, -0.1) is 0 Å². The highest BCUT2D eigenvalue weighted by Crippen LogP contribution is 2.24. The van der Waals surface area contributed by atoms with Crippen molar-refractivity contribution in [3.05, 3.63) is 53.7 Å². The molecule has 36 heavy (non-hydrogen) atoms. The Balaban J connectivity index is 1.59. The van der Waals surface area contributed by atoms with Crippen molar-refractivity contribution in [3.63, 3.8) is 0 Å². The number of carbonyl (C=O) groups is 1. The van der Waals surface area contributed by atoms with Crippen LogP contribution in [-0.4, -0.2) is 58.6 Å². The summed E-state index contributed by atoms with van der Waals surface area (Å²) >= 11 is 0. The first-order valence-corrected chi connectivity index (χ1v) is 12.2. The van der Waals surface area contributed by atoms with Gasteiger partial charge in [-0.05, 0) is 55.1 Å². The van der Waals surface area contributed by atoms with Gasteiger partial charge in [0.15, 0.2) is 0 Å². The highest BCUT2D eigenvalue weighted by molar-refractivity contribution is 6.04. The fraction of sp³-hybridized carbons (Fsp3) is 0.423. The van der Waals surface area contributed by atoms with Crippen LogP contribution in [0.5, 0.6) is 0 Å². The lowest BCUT2D eigenvalue weighted by atomic mass is 9.96. The molecule has 4 rings (SSSR count). The van der Waals surface area contributed by atoms with Gasteiger partial charge in [0.1, 0.15) is 5.82 Å². The van der Waals surface area contributed by atoms with Crippen LogP contribution in [0.1, 0.15) is 43.1 Å². The minimum absolute atomic E-state index is 0.0732. The normalized spacial score (nSPS) is 15.4. The first kappa shape index (κ1) is 25.3. The van der Waals surface area contributed by atoms with Gasteiger partial charge in [-0.1, -0.05) is 32.9 Å². The number of rotatable bonds is 8. The predicted octanol–water partition coefficient (Wildman–Crippen LogP) is 3.83. The van der Waals surface area contributed by atoms with E-state index in [9.17, 15) is 4.79 Å². The summed E-state index contributed by atoms with van der Waals surface area (Å²) in [5.41, 5.74) is 2.28. The van der Waals surface area contributed by atoms with Crippen LogP contribution in [0, 0.1) is 12.3 Å². The summed E-state index contributed by atoms with van der Waals surface area (Å²) in [6.07, 6.45) is 2.65. The number of nitrogens with one attached hydrogen (secondary N) is 4. The number of amides is 1. The van der Waals surface area contributed by atoms with Crippen molar-refractivity contribution in [1.82, 2.24) is 25.3 Å². The summed E-state index contributed by atoms with van der Waals surface area (Å²) in [5.74, 6) is 1.78. The predicted molar refractivity (Wildman–Crippen MR) is 144 cm³/mol. The zero-order valence-corrected chi connectivity index (χ0v) is 21.6. The summed E-state index contributed by atoms with van der Waals surface area (Å²) in [5, 5.41) is 12.9. The van der Waals surface area contributed by atoms with Crippen molar-refractivity contribution < 1.29 is 4.79 Å². The topological polar surface area (TPSA) is 120 Å². The monoisotopic (exact) mass is 489 g/mol. The van der Waals surface area contributed by atoms with Crippen LogP contribution < -0.4 is 26.2 Å².